The van der Waals surface area contributed by atoms with Gasteiger partial charge in [0.1, 0.15) is 17.3 Å². The van der Waals surface area contributed by atoms with Gasteiger partial charge < -0.3 is 4.74 Å². The summed E-state index contributed by atoms with van der Waals surface area (Å²) in [6.45, 7) is 1.88. The van der Waals surface area contributed by atoms with Crippen LogP contribution in [0.5, 0.6) is 11.6 Å². The molecule has 0 saturated carbocycles. The topological polar surface area (TPSA) is 47.9 Å². The summed E-state index contributed by atoms with van der Waals surface area (Å²) in [6, 6.07) is 17.5. The largest absolute Gasteiger partial charge is 0.439 e. The van der Waals surface area contributed by atoms with Gasteiger partial charge in [-0.05, 0) is 31.2 Å². The van der Waals surface area contributed by atoms with E-state index in [9.17, 15) is 4.39 Å². The third-order valence-corrected chi connectivity index (χ3v) is 3.78. The smallest absolute Gasteiger partial charge is 0.222 e. The van der Waals surface area contributed by atoms with E-state index in [-0.39, 0.29) is 5.82 Å². The maximum absolute atomic E-state index is 13.3. The van der Waals surface area contributed by atoms with E-state index in [1.807, 2.05) is 43.3 Å². The molecule has 0 fully saturated rings. The number of pyridine rings is 1. The summed E-state index contributed by atoms with van der Waals surface area (Å²) in [5, 5.41) is 0.967. The summed E-state index contributed by atoms with van der Waals surface area (Å²) < 4.78 is 19.1. The van der Waals surface area contributed by atoms with Crippen LogP contribution in [0.2, 0.25) is 0 Å². The van der Waals surface area contributed by atoms with Crippen molar-refractivity contribution in [1.29, 1.82) is 0 Å². The highest BCUT2D eigenvalue weighted by Crippen LogP contribution is 2.26. The predicted octanol–water partition coefficient (Wildman–Crippen LogP) is 4.93. The molecule has 0 amide bonds. The molecule has 0 spiro atoms. The molecular weight excluding hydrogens is 317 g/mol. The second-order valence-electron chi connectivity index (χ2n) is 5.63. The van der Waals surface area contributed by atoms with E-state index in [1.54, 1.807) is 18.3 Å². The van der Waals surface area contributed by atoms with Gasteiger partial charge in [0.05, 0.1) is 5.52 Å². The highest BCUT2D eigenvalue weighted by atomic mass is 19.1. The van der Waals surface area contributed by atoms with Crippen molar-refractivity contribution in [3.63, 3.8) is 0 Å². The van der Waals surface area contributed by atoms with Crippen molar-refractivity contribution >= 4 is 10.9 Å². The van der Waals surface area contributed by atoms with Crippen LogP contribution in [0.25, 0.3) is 22.4 Å². The first kappa shape index (κ1) is 15.2. The third kappa shape index (κ3) is 3.17. The van der Waals surface area contributed by atoms with Gasteiger partial charge >= 0.3 is 0 Å². The highest BCUT2D eigenvalue weighted by Gasteiger charge is 2.10. The first-order valence-corrected chi connectivity index (χ1v) is 7.82. The van der Waals surface area contributed by atoms with Crippen LogP contribution in [0.1, 0.15) is 5.56 Å². The number of aryl methyl sites for hydroxylation is 1. The molecule has 0 unspecified atom stereocenters. The van der Waals surface area contributed by atoms with E-state index in [1.165, 1.54) is 12.1 Å². The third-order valence-electron chi connectivity index (χ3n) is 3.78. The Labute approximate surface area is 144 Å². The van der Waals surface area contributed by atoms with Crippen molar-refractivity contribution in [2.24, 2.45) is 0 Å². The van der Waals surface area contributed by atoms with Crippen LogP contribution >= 0.6 is 0 Å². The van der Waals surface area contributed by atoms with Crippen molar-refractivity contribution < 1.29 is 9.13 Å². The minimum absolute atomic E-state index is 0.357. The molecule has 2 aromatic heterocycles. The second kappa shape index (κ2) is 6.28. The van der Waals surface area contributed by atoms with Crippen LogP contribution in [-0.2, 0) is 0 Å². The van der Waals surface area contributed by atoms with E-state index >= 15 is 0 Å². The lowest BCUT2D eigenvalue weighted by Crippen LogP contribution is -1.97. The quantitative estimate of drug-likeness (QED) is 0.534. The van der Waals surface area contributed by atoms with Crippen molar-refractivity contribution in [3.8, 4) is 23.1 Å². The average molecular weight is 331 g/mol. The predicted molar refractivity (Wildman–Crippen MR) is 94.0 cm³/mol. The Bertz CT molecular complexity index is 1070. The van der Waals surface area contributed by atoms with Gasteiger partial charge in [-0.1, -0.05) is 30.3 Å². The molecule has 25 heavy (non-hydrogen) atoms. The van der Waals surface area contributed by atoms with Crippen LogP contribution in [0.3, 0.4) is 0 Å². The van der Waals surface area contributed by atoms with Crippen molar-refractivity contribution in [2.75, 3.05) is 0 Å². The second-order valence-corrected chi connectivity index (χ2v) is 5.63. The van der Waals surface area contributed by atoms with E-state index in [2.05, 4.69) is 15.0 Å². The van der Waals surface area contributed by atoms with Gasteiger partial charge in [-0.3, -0.25) is 0 Å². The molecule has 0 radical (unpaired) electrons. The summed E-state index contributed by atoms with van der Waals surface area (Å²) in [5.74, 6) is 0.957. The Balaban J connectivity index is 1.73. The fraction of sp³-hybridized carbons (Fsp3) is 0.0500. The number of hydrogen-bond donors (Lipinski definition) is 0. The summed E-state index contributed by atoms with van der Waals surface area (Å²) in [5.41, 5.74) is 2.29. The molecule has 0 saturated heterocycles. The van der Waals surface area contributed by atoms with E-state index in [0.717, 1.165) is 16.5 Å². The molecule has 0 bridgehead atoms. The van der Waals surface area contributed by atoms with Crippen molar-refractivity contribution in [3.05, 3.63) is 78.2 Å². The lowest BCUT2D eigenvalue weighted by molar-refractivity contribution is 0.455. The van der Waals surface area contributed by atoms with Crippen LogP contribution in [0.15, 0.2) is 66.9 Å². The molecule has 2 heterocycles. The van der Waals surface area contributed by atoms with Gasteiger partial charge in [-0.2, -0.15) is 0 Å². The average Bonchev–Trinajstić information content (AvgIpc) is 2.63. The minimum Gasteiger partial charge on any atom is -0.439 e. The summed E-state index contributed by atoms with van der Waals surface area (Å²) in [4.78, 5) is 13.4. The number of benzene rings is 2. The van der Waals surface area contributed by atoms with Crippen molar-refractivity contribution in [1.82, 2.24) is 15.0 Å². The van der Waals surface area contributed by atoms with Gasteiger partial charge in [-0.15, -0.1) is 0 Å². The van der Waals surface area contributed by atoms with Gasteiger partial charge in [0.15, 0.2) is 5.82 Å². The monoisotopic (exact) mass is 331 g/mol. The number of aromatic nitrogens is 3. The molecule has 0 aliphatic heterocycles. The molecule has 0 aliphatic carbocycles. The maximum Gasteiger partial charge on any atom is 0.222 e. The Hall–Kier alpha value is -3.34. The highest BCUT2D eigenvalue weighted by molar-refractivity contribution is 5.79. The molecule has 2 aromatic carbocycles. The van der Waals surface area contributed by atoms with Gasteiger partial charge in [-0.25, -0.2) is 19.3 Å². The molecule has 5 heteroatoms. The lowest BCUT2D eigenvalue weighted by Gasteiger charge is -2.09. The van der Waals surface area contributed by atoms with Gasteiger partial charge in [0.2, 0.25) is 5.88 Å². The molecule has 0 N–H and O–H groups in total. The number of halogens is 1. The number of para-hydroxylation sites is 1. The van der Waals surface area contributed by atoms with Crippen molar-refractivity contribution in [2.45, 2.75) is 6.92 Å². The SMILES string of the molecule is Cc1ccc(-c2ncc3ccccc3n2)nc1Oc1cccc(F)c1. The number of nitrogens with zero attached hydrogens (tertiary/aromatic N) is 3. The maximum atomic E-state index is 13.3. The van der Waals surface area contributed by atoms with Crippen LogP contribution in [0.4, 0.5) is 4.39 Å². The molecule has 122 valence electrons. The molecule has 0 atom stereocenters. The normalized spacial score (nSPS) is 10.8. The summed E-state index contributed by atoms with van der Waals surface area (Å²) in [7, 11) is 0. The Morgan fingerprint density at radius 1 is 0.920 bits per heavy atom. The minimum atomic E-state index is -0.357. The zero-order chi connectivity index (χ0) is 17.2. The number of hydrogen-bond acceptors (Lipinski definition) is 4. The summed E-state index contributed by atoms with van der Waals surface area (Å²) in [6.07, 6.45) is 1.77. The number of ether oxygens (including phenoxy) is 1. The van der Waals surface area contributed by atoms with Crippen LogP contribution in [0, 0.1) is 12.7 Å². The number of rotatable bonds is 3. The molecular formula is C20H14FN3O. The molecule has 4 nitrogen and oxygen atoms in total. The first-order valence-electron chi connectivity index (χ1n) is 7.82. The first-order chi connectivity index (χ1) is 12.2. The molecule has 4 rings (SSSR count). The van der Waals surface area contributed by atoms with Crippen LogP contribution < -0.4 is 4.74 Å². The molecule has 4 aromatic rings. The van der Waals surface area contributed by atoms with Gasteiger partial charge in [0.25, 0.3) is 0 Å². The van der Waals surface area contributed by atoms with E-state index in [0.29, 0.717) is 23.1 Å². The zero-order valence-electron chi connectivity index (χ0n) is 13.5. The Morgan fingerprint density at radius 3 is 2.68 bits per heavy atom. The lowest BCUT2D eigenvalue weighted by atomic mass is 10.2. The fourth-order valence-electron chi connectivity index (χ4n) is 2.48. The molecule has 0 aliphatic rings. The summed E-state index contributed by atoms with van der Waals surface area (Å²) >= 11 is 0. The van der Waals surface area contributed by atoms with Crippen LogP contribution in [-0.4, -0.2) is 15.0 Å². The fourth-order valence-corrected chi connectivity index (χ4v) is 2.48. The number of fused-ring (bicyclic) bond motifs is 1. The standard InChI is InChI=1S/C20H14FN3O/c1-13-9-10-18(19-22-12-14-5-2-3-8-17(14)23-19)24-20(13)25-16-7-4-6-15(21)11-16/h2-12H,1H3. The van der Waals surface area contributed by atoms with E-state index < -0.39 is 0 Å². The Morgan fingerprint density at radius 2 is 1.80 bits per heavy atom. The van der Waals surface area contributed by atoms with E-state index in [4.69, 9.17) is 4.74 Å². The zero-order valence-corrected chi connectivity index (χ0v) is 13.5. The Kier molecular flexibility index (Phi) is 3.82. The van der Waals surface area contributed by atoms with Gasteiger partial charge in [0, 0.05) is 23.2 Å².